The van der Waals surface area contributed by atoms with E-state index in [-0.39, 0.29) is 17.9 Å². The monoisotopic (exact) mass is 363 g/mol. The fraction of sp³-hybridized carbons (Fsp3) is 0.500. The highest BCUT2D eigenvalue weighted by Gasteiger charge is 2.18. The van der Waals surface area contributed by atoms with Gasteiger partial charge in [-0.1, -0.05) is 12.1 Å². The number of carbonyl (C=O) groups is 3. The topological polar surface area (TPSA) is 97.0 Å². The molecule has 2 amide bonds. The van der Waals surface area contributed by atoms with Gasteiger partial charge in [-0.2, -0.15) is 0 Å². The first-order chi connectivity index (χ1) is 12.6. The molecular weight excluding hydrogens is 338 g/mol. The van der Waals surface area contributed by atoms with Crippen LogP contribution >= 0.6 is 0 Å². The number of ether oxygens (including phenoxy) is 2. The van der Waals surface area contributed by atoms with Gasteiger partial charge in [0.25, 0.3) is 0 Å². The van der Waals surface area contributed by atoms with Gasteiger partial charge in [-0.15, -0.1) is 0 Å². The smallest absolute Gasteiger partial charge is 0.340 e. The van der Waals surface area contributed by atoms with Crippen LogP contribution in [-0.4, -0.2) is 68.7 Å². The third-order valence-corrected chi connectivity index (χ3v) is 3.92. The summed E-state index contributed by atoms with van der Waals surface area (Å²) >= 11 is 0. The van der Waals surface area contributed by atoms with Crippen molar-refractivity contribution in [3.8, 4) is 0 Å². The molecule has 1 aromatic carbocycles. The summed E-state index contributed by atoms with van der Waals surface area (Å²) in [5, 5.41) is 5.05. The number of amides is 2. The molecule has 142 valence electrons. The third-order valence-electron chi connectivity index (χ3n) is 3.92. The predicted molar refractivity (Wildman–Crippen MR) is 95.9 cm³/mol. The fourth-order valence-electron chi connectivity index (χ4n) is 2.57. The van der Waals surface area contributed by atoms with Gasteiger partial charge in [-0.3, -0.25) is 14.5 Å². The predicted octanol–water partition coefficient (Wildman–Crippen LogP) is 0.640. The average Bonchev–Trinajstić information content (AvgIpc) is 2.66. The average molecular weight is 363 g/mol. The van der Waals surface area contributed by atoms with Crippen molar-refractivity contribution in [3.63, 3.8) is 0 Å². The maximum Gasteiger partial charge on any atom is 0.340 e. The number of hydrogen-bond donors (Lipinski definition) is 2. The van der Waals surface area contributed by atoms with E-state index in [1.807, 2.05) is 0 Å². The summed E-state index contributed by atoms with van der Waals surface area (Å²) in [7, 11) is 0. The SMILES string of the molecule is CCOC(=O)c1ccccc1NC(=O)C(=O)NCCCN1CCOCC1. The Morgan fingerprint density at radius 1 is 1.15 bits per heavy atom. The first-order valence-electron chi connectivity index (χ1n) is 8.77. The van der Waals surface area contributed by atoms with E-state index in [0.29, 0.717) is 6.54 Å². The van der Waals surface area contributed by atoms with Crippen molar-refractivity contribution in [3.05, 3.63) is 29.8 Å². The van der Waals surface area contributed by atoms with Crippen molar-refractivity contribution < 1.29 is 23.9 Å². The van der Waals surface area contributed by atoms with E-state index in [1.165, 1.54) is 6.07 Å². The Morgan fingerprint density at radius 3 is 2.62 bits per heavy atom. The van der Waals surface area contributed by atoms with Gasteiger partial charge in [0, 0.05) is 19.6 Å². The van der Waals surface area contributed by atoms with Crippen LogP contribution in [0.2, 0.25) is 0 Å². The number of morpholine rings is 1. The van der Waals surface area contributed by atoms with E-state index in [4.69, 9.17) is 9.47 Å². The zero-order chi connectivity index (χ0) is 18.8. The van der Waals surface area contributed by atoms with Gasteiger partial charge in [-0.25, -0.2) is 4.79 Å². The number of anilines is 1. The van der Waals surface area contributed by atoms with Crippen LogP contribution < -0.4 is 10.6 Å². The van der Waals surface area contributed by atoms with E-state index < -0.39 is 17.8 Å². The summed E-state index contributed by atoms with van der Waals surface area (Å²) in [6.45, 7) is 6.41. The number of benzene rings is 1. The van der Waals surface area contributed by atoms with Crippen LogP contribution in [0.3, 0.4) is 0 Å². The second-order valence-corrected chi connectivity index (χ2v) is 5.78. The number of carbonyl (C=O) groups excluding carboxylic acids is 3. The van der Waals surface area contributed by atoms with Gasteiger partial charge in [0.05, 0.1) is 31.1 Å². The highest BCUT2D eigenvalue weighted by molar-refractivity contribution is 6.40. The molecule has 1 heterocycles. The minimum absolute atomic E-state index is 0.211. The molecule has 0 spiro atoms. The summed E-state index contributed by atoms with van der Waals surface area (Å²) in [6.07, 6.45) is 0.748. The standard InChI is InChI=1S/C18H25N3O5/c1-2-26-18(24)14-6-3-4-7-15(14)20-17(23)16(22)19-8-5-9-21-10-12-25-13-11-21/h3-4,6-7H,2,5,8-13H2,1H3,(H,19,22)(H,20,23). The molecule has 1 saturated heterocycles. The molecule has 0 saturated carbocycles. The van der Waals surface area contributed by atoms with Gasteiger partial charge >= 0.3 is 17.8 Å². The fourth-order valence-corrected chi connectivity index (χ4v) is 2.57. The number of rotatable bonds is 7. The minimum atomic E-state index is -0.812. The lowest BCUT2D eigenvalue weighted by molar-refractivity contribution is -0.136. The van der Waals surface area contributed by atoms with E-state index in [1.54, 1.807) is 25.1 Å². The van der Waals surface area contributed by atoms with E-state index in [2.05, 4.69) is 15.5 Å². The van der Waals surface area contributed by atoms with Crippen molar-refractivity contribution >= 4 is 23.5 Å². The van der Waals surface area contributed by atoms with E-state index in [0.717, 1.165) is 39.3 Å². The Labute approximate surface area is 152 Å². The summed E-state index contributed by atoms with van der Waals surface area (Å²) in [5.41, 5.74) is 0.460. The number of para-hydroxylation sites is 1. The Hall–Kier alpha value is -2.45. The molecular formula is C18H25N3O5. The summed E-state index contributed by atoms with van der Waals surface area (Å²) < 4.78 is 10.2. The molecule has 8 nitrogen and oxygen atoms in total. The molecule has 1 aliphatic heterocycles. The molecule has 2 rings (SSSR count). The second kappa shape index (κ2) is 10.5. The number of hydrogen-bond acceptors (Lipinski definition) is 6. The highest BCUT2D eigenvalue weighted by Crippen LogP contribution is 2.16. The van der Waals surface area contributed by atoms with Gasteiger partial charge in [-0.05, 0) is 32.0 Å². The first kappa shape index (κ1) is 19.9. The van der Waals surface area contributed by atoms with Gasteiger partial charge in [0.1, 0.15) is 0 Å². The van der Waals surface area contributed by atoms with Crippen LogP contribution in [0.25, 0.3) is 0 Å². The lowest BCUT2D eigenvalue weighted by atomic mass is 10.2. The summed E-state index contributed by atoms with van der Waals surface area (Å²) in [4.78, 5) is 38.1. The Morgan fingerprint density at radius 2 is 1.88 bits per heavy atom. The molecule has 0 bridgehead atoms. The molecule has 26 heavy (non-hydrogen) atoms. The molecule has 1 aromatic rings. The molecule has 2 N–H and O–H groups in total. The van der Waals surface area contributed by atoms with Crippen LogP contribution in [0.15, 0.2) is 24.3 Å². The van der Waals surface area contributed by atoms with Crippen LogP contribution in [0.1, 0.15) is 23.7 Å². The van der Waals surface area contributed by atoms with Gasteiger partial charge in [0.2, 0.25) is 0 Å². The summed E-state index contributed by atoms with van der Waals surface area (Å²) in [5.74, 6) is -2.09. The lowest BCUT2D eigenvalue weighted by Crippen LogP contribution is -2.40. The van der Waals surface area contributed by atoms with Gasteiger partial charge < -0.3 is 20.1 Å². The van der Waals surface area contributed by atoms with E-state index >= 15 is 0 Å². The first-order valence-corrected chi connectivity index (χ1v) is 8.77. The number of nitrogens with zero attached hydrogens (tertiary/aromatic N) is 1. The lowest BCUT2D eigenvalue weighted by Gasteiger charge is -2.26. The van der Waals surface area contributed by atoms with E-state index in [9.17, 15) is 14.4 Å². The normalized spacial score (nSPS) is 14.5. The minimum Gasteiger partial charge on any atom is -0.462 e. The maximum absolute atomic E-state index is 12.0. The molecule has 0 unspecified atom stereocenters. The molecule has 1 fully saturated rings. The third kappa shape index (κ3) is 6.12. The summed E-state index contributed by atoms with van der Waals surface area (Å²) in [6, 6.07) is 6.41. The molecule has 8 heteroatoms. The van der Waals surface area contributed by atoms with Crippen molar-refractivity contribution in [2.75, 3.05) is 51.3 Å². The van der Waals surface area contributed by atoms with Crippen LogP contribution in [0.4, 0.5) is 5.69 Å². The zero-order valence-electron chi connectivity index (χ0n) is 15.0. The number of esters is 1. The van der Waals surface area contributed by atoms with Crippen LogP contribution in [-0.2, 0) is 19.1 Å². The number of nitrogens with one attached hydrogen (secondary N) is 2. The zero-order valence-corrected chi connectivity index (χ0v) is 15.0. The highest BCUT2D eigenvalue weighted by atomic mass is 16.5. The largest absolute Gasteiger partial charge is 0.462 e. The van der Waals surface area contributed by atoms with Crippen LogP contribution in [0, 0.1) is 0 Å². The van der Waals surface area contributed by atoms with Gasteiger partial charge in [0.15, 0.2) is 0 Å². The van der Waals surface area contributed by atoms with Crippen molar-refractivity contribution in [2.45, 2.75) is 13.3 Å². The Kier molecular flexibility index (Phi) is 8.04. The maximum atomic E-state index is 12.0. The molecule has 0 radical (unpaired) electrons. The molecule has 0 aromatic heterocycles. The Bertz CT molecular complexity index is 629. The van der Waals surface area contributed by atoms with Crippen LogP contribution in [0.5, 0.6) is 0 Å². The molecule has 0 aliphatic carbocycles. The second-order valence-electron chi connectivity index (χ2n) is 5.78. The molecule has 1 aliphatic rings. The molecule has 0 atom stereocenters. The van der Waals surface area contributed by atoms with Crippen molar-refractivity contribution in [1.82, 2.24) is 10.2 Å². The van der Waals surface area contributed by atoms with Crippen molar-refractivity contribution in [1.29, 1.82) is 0 Å². The Balaban J connectivity index is 1.78. The quantitative estimate of drug-likeness (QED) is 0.419. The van der Waals surface area contributed by atoms with Crippen molar-refractivity contribution in [2.24, 2.45) is 0 Å².